The number of methoxy groups -OCH3 is 1. The maximum Gasteiger partial charge on any atom is 0.324 e. The molecule has 0 bridgehead atoms. The lowest BCUT2D eigenvalue weighted by molar-refractivity contribution is -0.115. The van der Waals surface area contributed by atoms with Gasteiger partial charge < -0.3 is 15.0 Å². The minimum absolute atomic E-state index is 0.0933. The molecule has 3 aromatic rings. The summed E-state index contributed by atoms with van der Waals surface area (Å²) < 4.78 is 32.3. The predicted molar refractivity (Wildman–Crippen MR) is 126 cm³/mol. The van der Waals surface area contributed by atoms with Gasteiger partial charge in [-0.05, 0) is 53.9 Å². The standard InChI is InChI=1S/C26H25F2N3O3/c1-34-22-9-7-18(8-10-22)15-25(32)29-23-5-2-3-6-24(23)31-12-4-11-30(26(31)33)17-19-13-20(27)16-21(28)14-19/h2-3,5-10,13-14,16H,4,11-12,15,17H2,1H3,(H,29,32). The summed E-state index contributed by atoms with van der Waals surface area (Å²) >= 11 is 0. The Morgan fingerprint density at radius 1 is 0.971 bits per heavy atom. The first kappa shape index (κ1) is 23.2. The van der Waals surface area contributed by atoms with Crippen LogP contribution in [0.2, 0.25) is 0 Å². The zero-order chi connectivity index (χ0) is 24.1. The van der Waals surface area contributed by atoms with E-state index in [1.807, 2.05) is 12.1 Å². The van der Waals surface area contributed by atoms with Gasteiger partial charge in [0.05, 0.1) is 24.9 Å². The fraction of sp³-hybridized carbons (Fsp3) is 0.231. The van der Waals surface area contributed by atoms with E-state index in [1.165, 1.54) is 12.1 Å². The number of halogens is 2. The van der Waals surface area contributed by atoms with Gasteiger partial charge in [-0.25, -0.2) is 13.6 Å². The van der Waals surface area contributed by atoms with Gasteiger partial charge >= 0.3 is 6.03 Å². The molecular weight excluding hydrogens is 440 g/mol. The highest BCUT2D eigenvalue weighted by atomic mass is 19.1. The summed E-state index contributed by atoms with van der Waals surface area (Å²) in [5, 5.41) is 2.90. The zero-order valence-electron chi connectivity index (χ0n) is 18.8. The molecule has 1 fully saturated rings. The quantitative estimate of drug-likeness (QED) is 0.535. The highest BCUT2D eigenvalue weighted by Crippen LogP contribution is 2.29. The third kappa shape index (κ3) is 5.51. The topological polar surface area (TPSA) is 61.9 Å². The molecule has 0 spiro atoms. The Kier molecular flexibility index (Phi) is 7.06. The maximum atomic E-state index is 13.6. The van der Waals surface area contributed by atoms with E-state index >= 15 is 0 Å². The number of hydrogen-bond donors (Lipinski definition) is 1. The molecule has 3 aromatic carbocycles. The van der Waals surface area contributed by atoms with Crippen molar-refractivity contribution in [1.29, 1.82) is 0 Å². The van der Waals surface area contributed by atoms with Crippen molar-refractivity contribution < 1.29 is 23.1 Å². The van der Waals surface area contributed by atoms with Crippen LogP contribution in [0.3, 0.4) is 0 Å². The molecule has 0 aromatic heterocycles. The number of carbonyl (C=O) groups is 2. The number of anilines is 2. The predicted octanol–water partition coefficient (Wildman–Crippen LogP) is 4.99. The van der Waals surface area contributed by atoms with Crippen molar-refractivity contribution in [2.45, 2.75) is 19.4 Å². The van der Waals surface area contributed by atoms with Gasteiger partial charge in [0.2, 0.25) is 5.91 Å². The van der Waals surface area contributed by atoms with Gasteiger partial charge in [-0.15, -0.1) is 0 Å². The van der Waals surface area contributed by atoms with Crippen LogP contribution in [0.5, 0.6) is 5.75 Å². The molecule has 1 heterocycles. The van der Waals surface area contributed by atoms with Gasteiger partial charge in [0.1, 0.15) is 17.4 Å². The van der Waals surface area contributed by atoms with E-state index in [4.69, 9.17) is 4.74 Å². The van der Waals surface area contributed by atoms with Crippen LogP contribution in [-0.4, -0.2) is 37.0 Å². The number of benzene rings is 3. The molecule has 8 heteroatoms. The van der Waals surface area contributed by atoms with Crippen LogP contribution in [0.15, 0.2) is 66.7 Å². The van der Waals surface area contributed by atoms with Crippen LogP contribution in [-0.2, 0) is 17.8 Å². The molecule has 1 aliphatic heterocycles. The van der Waals surface area contributed by atoms with Gasteiger partial charge in [-0.3, -0.25) is 9.69 Å². The fourth-order valence-corrected chi connectivity index (χ4v) is 4.01. The first-order chi connectivity index (χ1) is 16.4. The second-order valence-electron chi connectivity index (χ2n) is 8.08. The molecule has 34 heavy (non-hydrogen) atoms. The zero-order valence-corrected chi connectivity index (χ0v) is 18.8. The molecule has 6 nitrogen and oxygen atoms in total. The Hall–Kier alpha value is -3.94. The normalized spacial score (nSPS) is 13.7. The van der Waals surface area contributed by atoms with Crippen LogP contribution >= 0.6 is 0 Å². The Labute approximate surface area is 196 Å². The fourth-order valence-electron chi connectivity index (χ4n) is 4.01. The van der Waals surface area contributed by atoms with Gasteiger partial charge in [0.25, 0.3) is 0 Å². The first-order valence-corrected chi connectivity index (χ1v) is 11.0. The lowest BCUT2D eigenvalue weighted by Gasteiger charge is -2.36. The van der Waals surface area contributed by atoms with Gasteiger partial charge in [-0.1, -0.05) is 24.3 Å². The van der Waals surface area contributed by atoms with Crippen molar-refractivity contribution in [2.24, 2.45) is 0 Å². The summed E-state index contributed by atoms with van der Waals surface area (Å²) in [5.74, 6) is -0.861. The first-order valence-electron chi connectivity index (χ1n) is 11.0. The number of carbonyl (C=O) groups excluding carboxylic acids is 2. The van der Waals surface area contributed by atoms with Crippen molar-refractivity contribution in [3.8, 4) is 5.75 Å². The summed E-state index contributed by atoms with van der Waals surface area (Å²) in [5.41, 5.74) is 2.31. The Bertz CT molecular complexity index is 1160. The van der Waals surface area contributed by atoms with Crippen LogP contribution in [0.1, 0.15) is 17.5 Å². The number of urea groups is 1. The molecular formula is C26H25F2N3O3. The Morgan fingerprint density at radius 3 is 2.38 bits per heavy atom. The summed E-state index contributed by atoms with van der Waals surface area (Å²) in [7, 11) is 1.58. The second kappa shape index (κ2) is 10.3. The number of rotatable bonds is 7. The van der Waals surface area contributed by atoms with Crippen molar-refractivity contribution in [3.63, 3.8) is 0 Å². The maximum absolute atomic E-state index is 13.6. The molecule has 0 atom stereocenters. The second-order valence-corrected chi connectivity index (χ2v) is 8.08. The number of nitrogens with zero attached hydrogens (tertiary/aromatic N) is 2. The van der Waals surface area contributed by atoms with Crippen LogP contribution in [0.4, 0.5) is 25.0 Å². The van der Waals surface area contributed by atoms with E-state index in [1.54, 1.807) is 53.3 Å². The molecule has 4 rings (SSSR count). The summed E-state index contributed by atoms with van der Waals surface area (Å²) in [6.07, 6.45) is 0.848. The Morgan fingerprint density at radius 2 is 1.68 bits per heavy atom. The number of amides is 3. The molecule has 1 saturated heterocycles. The highest BCUT2D eigenvalue weighted by Gasteiger charge is 2.28. The average molecular weight is 466 g/mol. The smallest absolute Gasteiger partial charge is 0.324 e. The van der Waals surface area contributed by atoms with Gasteiger partial charge in [0.15, 0.2) is 0 Å². The molecule has 0 unspecified atom stereocenters. The van der Waals surface area contributed by atoms with Crippen molar-refractivity contribution in [1.82, 2.24) is 4.90 Å². The van der Waals surface area contributed by atoms with E-state index in [2.05, 4.69) is 5.32 Å². The molecule has 1 N–H and O–H groups in total. The minimum atomic E-state index is -0.679. The van der Waals surface area contributed by atoms with E-state index in [9.17, 15) is 18.4 Å². The molecule has 1 aliphatic rings. The van der Waals surface area contributed by atoms with Crippen LogP contribution in [0.25, 0.3) is 0 Å². The monoisotopic (exact) mass is 465 g/mol. The molecule has 0 saturated carbocycles. The number of nitrogens with one attached hydrogen (secondary N) is 1. The van der Waals surface area contributed by atoms with Crippen LogP contribution in [0, 0.1) is 11.6 Å². The largest absolute Gasteiger partial charge is 0.497 e. The molecule has 176 valence electrons. The third-order valence-electron chi connectivity index (χ3n) is 5.60. The van der Waals surface area contributed by atoms with Gasteiger partial charge in [0, 0.05) is 25.7 Å². The number of para-hydroxylation sites is 2. The van der Waals surface area contributed by atoms with Crippen LogP contribution < -0.4 is 15.0 Å². The molecule has 0 radical (unpaired) electrons. The van der Waals surface area contributed by atoms with E-state index < -0.39 is 11.6 Å². The number of hydrogen-bond acceptors (Lipinski definition) is 3. The van der Waals surface area contributed by atoms with E-state index in [0.717, 1.165) is 11.6 Å². The van der Waals surface area contributed by atoms with Crippen molar-refractivity contribution >= 4 is 23.3 Å². The minimum Gasteiger partial charge on any atom is -0.497 e. The highest BCUT2D eigenvalue weighted by molar-refractivity contribution is 6.01. The summed E-state index contributed by atoms with van der Waals surface area (Å²) in [6, 6.07) is 17.3. The molecule has 0 aliphatic carbocycles. The average Bonchev–Trinajstić information content (AvgIpc) is 2.81. The number of ether oxygens (including phenoxy) is 1. The third-order valence-corrected chi connectivity index (χ3v) is 5.60. The Balaban J connectivity index is 1.48. The van der Waals surface area contributed by atoms with E-state index in [-0.39, 0.29) is 24.9 Å². The van der Waals surface area contributed by atoms with Crippen molar-refractivity contribution in [3.05, 3.63) is 89.5 Å². The van der Waals surface area contributed by atoms with Crippen molar-refractivity contribution in [2.75, 3.05) is 30.4 Å². The van der Waals surface area contributed by atoms with E-state index in [0.29, 0.717) is 42.2 Å². The summed E-state index contributed by atoms with van der Waals surface area (Å²) in [4.78, 5) is 29.1. The lowest BCUT2D eigenvalue weighted by atomic mass is 10.1. The summed E-state index contributed by atoms with van der Waals surface area (Å²) in [6.45, 7) is 1.04. The SMILES string of the molecule is COc1ccc(CC(=O)Nc2ccccc2N2CCCN(Cc3cc(F)cc(F)c3)C2=O)cc1. The molecule has 3 amide bonds. The lowest BCUT2D eigenvalue weighted by Crippen LogP contribution is -2.49. The van der Waals surface area contributed by atoms with Gasteiger partial charge in [-0.2, -0.15) is 0 Å².